The van der Waals surface area contributed by atoms with Crippen LogP contribution >= 0.6 is 0 Å². The van der Waals surface area contributed by atoms with Gasteiger partial charge in [-0.3, -0.25) is 9.20 Å². The standard InChI is InChI=1S/C17H15N3O2/c1-22-13-7-5-12(6-8-13)17-14(9-10-15(18)21)20-11-3-2-4-16(20)19-17/h2-11H,1H3,(H2,18,21)/b10-9+. The number of imidazole rings is 1. The van der Waals surface area contributed by atoms with Gasteiger partial charge in [0.2, 0.25) is 5.91 Å². The summed E-state index contributed by atoms with van der Waals surface area (Å²) < 4.78 is 7.09. The Balaban J connectivity index is 2.18. The van der Waals surface area contributed by atoms with Crippen LogP contribution < -0.4 is 10.5 Å². The Morgan fingerprint density at radius 2 is 2.00 bits per heavy atom. The van der Waals surface area contributed by atoms with Crippen LogP contribution in [0.4, 0.5) is 0 Å². The predicted molar refractivity (Wildman–Crippen MR) is 85.4 cm³/mol. The molecule has 3 aromatic rings. The summed E-state index contributed by atoms with van der Waals surface area (Å²) in [5, 5.41) is 0. The van der Waals surface area contributed by atoms with Gasteiger partial charge in [-0.2, -0.15) is 0 Å². The first-order valence-electron chi connectivity index (χ1n) is 6.78. The van der Waals surface area contributed by atoms with Gasteiger partial charge in [0.1, 0.15) is 11.4 Å². The van der Waals surface area contributed by atoms with Crippen molar-refractivity contribution in [3.63, 3.8) is 0 Å². The van der Waals surface area contributed by atoms with Gasteiger partial charge in [-0.1, -0.05) is 6.07 Å². The third-order valence-electron chi connectivity index (χ3n) is 3.34. The molecule has 0 saturated heterocycles. The lowest BCUT2D eigenvalue weighted by Crippen LogP contribution is -2.05. The number of aromatic nitrogens is 2. The van der Waals surface area contributed by atoms with Crippen LogP contribution in [-0.2, 0) is 4.79 Å². The first-order chi connectivity index (χ1) is 10.7. The van der Waals surface area contributed by atoms with E-state index in [4.69, 9.17) is 10.5 Å². The first kappa shape index (κ1) is 13.9. The molecule has 0 spiro atoms. The molecule has 1 amide bonds. The normalized spacial score (nSPS) is 11.1. The summed E-state index contributed by atoms with van der Waals surface area (Å²) in [4.78, 5) is 15.7. The second-order valence-corrected chi connectivity index (χ2v) is 4.74. The van der Waals surface area contributed by atoms with E-state index >= 15 is 0 Å². The summed E-state index contributed by atoms with van der Waals surface area (Å²) in [5.74, 6) is 0.285. The maximum Gasteiger partial charge on any atom is 0.241 e. The van der Waals surface area contributed by atoms with Crippen LogP contribution in [0, 0.1) is 0 Å². The largest absolute Gasteiger partial charge is 0.497 e. The minimum atomic E-state index is -0.494. The summed E-state index contributed by atoms with van der Waals surface area (Å²) in [5.41, 5.74) is 8.54. The number of nitrogens with two attached hydrogens (primary N) is 1. The van der Waals surface area contributed by atoms with E-state index in [-0.39, 0.29) is 0 Å². The Kier molecular flexibility index (Phi) is 3.62. The lowest BCUT2D eigenvalue weighted by atomic mass is 10.1. The molecule has 0 aliphatic carbocycles. The van der Waals surface area contributed by atoms with Crippen molar-refractivity contribution in [1.29, 1.82) is 0 Å². The smallest absolute Gasteiger partial charge is 0.241 e. The van der Waals surface area contributed by atoms with E-state index in [2.05, 4.69) is 4.98 Å². The molecular weight excluding hydrogens is 278 g/mol. The van der Waals surface area contributed by atoms with Crippen LogP contribution in [0.3, 0.4) is 0 Å². The van der Waals surface area contributed by atoms with E-state index < -0.39 is 5.91 Å². The van der Waals surface area contributed by atoms with Crippen molar-refractivity contribution in [3.8, 4) is 17.0 Å². The van der Waals surface area contributed by atoms with Crippen molar-refractivity contribution in [2.24, 2.45) is 5.73 Å². The monoisotopic (exact) mass is 293 g/mol. The van der Waals surface area contributed by atoms with Crippen LogP contribution in [0.1, 0.15) is 5.69 Å². The van der Waals surface area contributed by atoms with Crippen molar-refractivity contribution in [2.75, 3.05) is 7.11 Å². The minimum absolute atomic E-state index is 0.494. The zero-order chi connectivity index (χ0) is 15.5. The first-order valence-corrected chi connectivity index (χ1v) is 6.78. The quantitative estimate of drug-likeness (QED) is 0.751. The highest BCUT2D eigenvalue weighted by molar-refractivity contribution is 5.91. The molecule has 2 N–H and O–H groups in total. The molecule has 0 radical (unpaired) electrons. The molecule has 0 atom stereocenters. The fraction of sp³-hybridized carbons (Fsp3) is 0.0588. The van der Waals surface area contributed by atoms with Gasteiger partial charge in [-0.25, -0.2) is 4.98 Å². The third-order valence-corrected chi connectivity index (χ3v) is 3.34. The molecule has 2 heterocycles. The number of pyridine rings is 1. The molecular formula is C17H15N3O2. The van der Waals surface area contributed by atoms with Gasteiger partial charge in [0.25, 0.3) is 0 Å². The minimum Gasteiger partial charge on any atom is -0.497 e. The number of carbonyl (C=O) groups is 1. The van der Waals surface area contributed by atoms with Crippen molar-refractivity contribution < 1.29 is 9.53 Å². The number of hydrogen-bond donors (Lipinski definition) is 1. The van der Waals surface area contributed by atoms with E-state index in [1.165, 1.54) is 6.08 Å². The maximum atomic E-state index is 11.1. The number of nitrogens with zero attached hydrogens (tertiary/aromatic N) is 2. The molecule has 2 aromatic heterocycles. The average Bonchev–Trinajstić information content (AvgIpc) is 2.91. The summed E-state index contributed by atoms with van der Waals surface area (Å²) in [6.07, 6.45) is 4.92. The molecule has 0 unspecified atom stereocenters. The Labute approximate surface area is 127 Å². The second kappa shape index (κ2) is 5.73. The zero-order valence-corrected chi connectivity index (χ0v) is 12.1. The van der Waals surface area contributed by atoms with Crippen LogP contribution in [0.15, 0.2) is 54.7 Å². The van der Waals surface area contributed by atoms with Crippen molar-refractivity contribution in [1.82, 2.24) is 9.38 Å². The number of benzene rings is 1. The topological polar surface area (TPSA) is 69.6 Å². The van der Waals surface area contributed by atoms with Crippen molar-refractivity contribution >= 4 is 17.6 Å². The number of amides is 1. The van der Waals surface area contributed by atoms with Crippen LogP contribution in [0.5, 0.6) is 5.75 Å². The Morgan fingerprint density at radius 1 is 1.23 bits per heavy atom. The van der Waals surface area contributed by atoms with Gasteiger partial charge in [0.15, 0.2) is 0 Å². The fourth-order valence-corrected chi connectivity index (χ4v) is 2.30. The Morgan fingerprint density at radius 3 is 2.68 bits per heavy atom. The van der Waals surface area contributed by atoms with E-state index in [1.54, 1.807) is 13.2 Å². The van der Waals surface area contributed by atoms with Gasteiger partial charge in [-0.05, 0) is 42.5 Å². The lowest BCUT2D eigenvalue weighted by molar-refractivity contribution is -0.113. The van der Waals surface area contributed by atoms with Crippen LogP contribution in [0.2, 0.25) is 0 Å². The van der Waals surface area contributed by atoms with Gasteiger partial charge >= 0.3 is 0 Å². The highest BCUT2D eigenvalue weighted by atomic mass is 16.5. The van der Waals surface area contributed by atoms with Gasteiger partial charge in [0.05, 0.1) is 18.5 Å². The maximum absolute atomic E-state index is 11.1. The fourth-order valence-electron chi connectivity index (χ4n) is 2.30. The molecule has 3 rings (SSSR count). The lowest BCUT2D eigenvalue weighted by Gasteiger charge is -2.03. The molecule has 0 saturated carbocycles. The number of ether oxygens (including phenoxy) is 1. The molecule has 0 bridgehead atoms. The predicted octanol–water partition coefficient (Wildman–Crippen LogP) is 2.51. The molecule has 110 valence electrons. The summed E-state index contributed by atoms with van der Waals surface area (Å²) >= 11 is 0. The van der Waals surface area contributed by atoms with Crippen molar-refractivity contribution in [2.45, 2.75) is 0 Å². The SMILES string of the molecule is COc1ccc(-c2nc3ccccn3c2/C=C/C(N)=O)cc1. The van der Waals surface area contributed by atoms with Crippen molar-refractivity contribution in [3.05, 3.63) is 60.4 Å². The average molecular weight is 293 g/mol. The molecule has 1 aromatic carbocycles. The van der Waals surface area contributed by atoms with E-state index in [0.29, 0.717) is 0 Å². The Bertz CT molecular complexity index is 848. The molecule has 0 aliphatic rings. The van der Waals surface area contributed by atoms with Gasteiger partial charge in [-0.15, -0.1) is 0 Å². The highest BCUT2D eigenvalue weighted by Crippen LogP contribution is 2.27. The molecule has 5 nitrogen and oxygen atoms in total. The number of methoxy groups -OCH3 is 1. The summed E-state index contributed by atoms with van der Waals surface area (Å²) in [7, 11) is 1.63. The molecule has 0 fully saturated rings. The number of carbonyl (C=O) groups excluding carboxylic acids is 1. The number of rotatable bonds is 4. The van der Waals surface area contributed by atoms with Crippen LogP contribution in [0.25, 0.3) is 23.0 Å². The Hall–Kier alpha value is -3.08. The number of primary amides is 1. The van der Waals surface area contributed by atoms with E-state index in [0.717, 1.165) is 28.3 Å². The van der Waals surface area contributed by atoms with Gasteiger partial charge < -0.3 is 10.5 Å². The zero-order valence-electron chi connectivity index (χ0n) is 12.1. The van der Waals surface area contributed by atoms with Crippen LogP contribution in [-0.4, -0.2) is 22.4 Å². The molecule has 5 heteroatoms. The number of fused-ring (bicyclic) bond motifs is 1. The second-order valence-electron chi connectivity index (χ2n) is 4.74. The van der Waals surface area contributed by atoms with Gasteiger partial charge in [0, 0.05) is 17.8 Å². The summed E-state index contributed by atoms with van der Waals surface area (Å²) in [6, 6.07) is 13.4. The molecule has 0 aliphatic heterocycles. The molecule has 22 heavy (non-hydrogen) atoms. The highest BCUT2D eigenvalue weighted by Gasteiger charge is 2.11. The third kappa shape index (κ3) is 2.56. The van der Waals surface area contributed by atoms with E-state index in [9.17, 15) is 4.79 Å². The van der Waals surface area contributed by atoms with E-state index in [1.807, 2.05) is 53.1 Å². The summed E-state index contributed by atoms with van der Waals surface area (Å²) in [6.45, 7) is 0. The number of hydrogen-bond acceptors (Lipinski definition) is 3.